The Labute approximate surface area is 96.7 Å². The molecule has 1 fully saturated rings. The molecule has 16 heavy (non-hydrogen) atoms. The van der Waals surface area contributed by atoms with Crippen molar-refractivity contribution in [2.75, 3.05) is 0 Å². The summed E-state index contributed by atoms with van der Waals surface area (Å²) in [6, 6.07) is 0. The van der Waals surface area contributed by atoms with Crippen molar-refractivity contribution in [1.82, 2.24) is 9.78 Å². The van der Waals surface area contributed by atoms with Gasteiger partial charge in [0.05, 0.1) is 6.20 Å². The molecule has 2 heterocycles. The number of aryl methyl sites for hydroxylation is 1. The second-order valence-corrected chi connectivity index (χ2v) is 5.96. The fraction of sp³-hybridized carbons (Fsp3) is 0.500. The third-order valence-corrected chi connectivity index (χ3v) is 5.44. The van der Waals surface area contributed by atoms with Crippen LogP contribution < -0.4 is 5.56 Å². The van der Waals surface area contributed by atoms with Gasteiger partial charge in [-0.05, 0) is 36.7 Å². The van der Waals surface area contributed by atoms with Gasteiger partial charge in [0.1, 0.15) is 4.70 Å². The summed E-state index contributed by atoms with van der Waals surface area (Å²) >= 11 is 1.72. The number of nitrogens with zero attached hydrogens (tertiary/aromatic N) is 2. The molecule has 2 aromatic heterocycles. The minimum atomic E-state index is 0.0660. The predicted molar refractivity (Wildman–Crippen MR) is 64.2 cm³/mol. The number of hydrogen-bond acceptors (Lipinski definition) is 3. The Balaban J connectivity index is 2.16. The average Bonchev–Trinajstić information content (AvgIpc) is 2.93. The lowest BCUT2D eigenvalue weighted by molar-refractivity contribution is 0.714. The molecule has 4 rings (SSSR count). The Hall–Kier alpha value is -1.16. The number of rotatable bonds is 0. The van der Waals surface area contributed by atoms with Crippen molar-refractivity contribution in [3.8, 4) is 0 Å². The molecule has 2 unspecified atom stereocenters. The van der Waals surface area contributed by atoms with Gasteiger partial charge in [-0.3, -0.25) is 4.79 Å². The van der Waals surface area contributed by atoms with E-state index in [1.165, 1.54) is 34.4 Å². The van der Waals surface area contributed by atoms with Gasteiger partial charge in [-0.2, -0.15) is 5.10 Å². The van der Waals surface area contributed by atoms with Crippen LogP contribution in [0.4, 0.5) is 0 Å². The van der Waals surface area contributed by atoms with Gasteiger partial charge >= 0.3 is 0 Å². The molecule has 1 saturated carbocycles. The first kappa shape index (κ1) is 8.93. The minimum Gasteiger partial charge on any atom is -0.266 e. The Bertz CT molecular complexity index is 655. The molecule has 0 aliphatic heterocycles. The SMILES string of the molecule is Cn1ncc2c3c(sc2c1=O)C1CCC3C1. The molecule has 0 spiro atoms. The average molecular weight is 232 g/mol. The van der Waals surface area contributed by atoms with Gasteiger partial charge in [0.15, 0.2) is 0 Å². The highest BCUT2D eigenvalue weighted by atomic mass is 32.1. The maximum atomic E-state index is 12.0. The van der Waals surface area contributed by atoms with Crippen LogP contribution in [-0.2, 0) is 7.05 Å². The van der Waals surface area contributed by atoms with Crippen molar-refractivity contribution in [3.05, 3.63) is 27.0 Å². The van der Waals surface area contributed by atoms with Gasteiger partial charge in [-0.15, -0.1) is 11.3 Å². The van der Waals surface area contributed by atoms with Crippen molar-refractivity contribution >= 4 is 21.4 Å². The molecule has 2 bridgehead atoms. The third kappa shape index (κ3) is 0.895. The largest absolute Gasteiger partial charge is 0.284 e. The minimum absolute atomic E-state index is 0.0660. The van der Waals surface area contributed by atoms with Gasteiger partial charge in [-0.1, -0.05) is 0 Å². The van der Waals surface area contributed by atoms with E-state index < -0.39 is 0 Å². The molecular formula is C12H12N2OS. The lowest BCUT2D eigenvalue weighted by atomic mass is 9.96. The van der Waals surface area contributed by atoms with Crippen LogP contribution in [0, 0.1) is 0 Å². The summed E-state index contributed by atoms with van der Waals surface area (Å²) < 4.78 is 2.36. The molecule has 0 amide bonds. The van der Waals surface area contributed by atoms with Crippen molar-refractivity contribution in [3.63, 3.8) is 0 Å². The highest BCUT2D eigenvalue weighted by Gasteiger charge is 2.40. The van der Waals surface area contributed by atoms with Crippen LogP contribution in [0.3, 0.4) is 0 Å². The summed E-state index contributed by atoms with van der Waals surface area (Å²) in [6.07, 6.45) is 5.82. The smallest absolute Gasteiger partial charge is 0.266 e. The standard InChI is InChI=1S/C12H12N2OS/c1-14-12(15)11-8(5-13-14)9-6-2-3-7(4-6)10(9)16-11/h5-7H,2-4H2,1H3. The van der Waals surface area contributed by atoms with E-state index >= 15 is 0 Å². The van der Waals surface area contributed by atoms with E-state index in [2.05, 4.69) is 5.10 Å². The fourth-order valence-electron chi connectivity index (χ4n) is 3.31. The van der Waals surface area contributed by atoms with Crippen LogP contribution in [0.5, 0.6) is 0 Å². The zero-order valence-electron chi connectivity index (χ0n) is 9.06. The highest BCUT2D eigenvalue weighted by Crippen LogP contribution is 2.57. The van der Waals surface area contributed by atoms with Crippen molar-refractivity contribution in [2.45, 2.75) is 31.1 Å². The van der Waals surface area contributed by atoms with Crippen molar-refractivity contribution in [2.24, 2.45) is 7.05 Å². The quantitative estimate of drug-likeness (QED) is 0.699. The molecule has 3 nitrogen and oxygen atoms in total. The molecule has 82 valence electrons. The summed E-state index contributed by atoms with van der Waals surface area (Å²) in [4.78, 5) is 13.5. The zero-order chi connectivity index (χ0) is 10.9. The summed E-state index contributed by atoms with van der Waals surface area (Å²) in [5.41, 5.74) is 1.53. The number of thiophene rings is 1. The van der Waals surface area contributed by atoms with Crippen molar-refractivity contribution in [1.29, 1.82) is 0 Å². The monoisotopic (exact) mass is 232 g/mol. The zero-order valence-corrected chi connectivity index (χ0v) is 9.88. The van der Waals surface area contributed by atoms with Crippen LogP contribution in [-0.4, -0.2) is 9.78 Å². The van der Waals surface area contributed by atoms with E-state index in [1.807, 2.05) is 6.20 Å². The fourth-order valence-corrected chi connectivity index (χ4v) is 4.79. The van der Waals surface area contributed by atoms with Crippen LogP contribution in [0.25, 0.3) is 10.1 Å². The van der Waals surface area contributed by atoms with Crippen LogP contribution in [0.1, 0.15) is 41.5 Å². The predicted octanol–water partition coefficient (Wildman–Crippen LogP) is 2.36. The second kappa shape index (κ2) is 2.74. The second-order valence-electron chi connectivity index (χ2n) is 4.90. The first-order chi connectivity index (χ1) is 7.75. The number of fused-ring (bicyclic) bond motifs is 7. The van der Waals surface area contributed by atoms with Crippen molar-refractivity contribution < 1.29 is 0 Å². The Morgan fingerprint density at radius 1 is 1.44 bits per heavy atom. The Kier molecular flexibility index (Phi) is 1.53. The van der Waals surface area contributed by atoms with E-state index in [1.54, 1.807) is 18.4 Å². The molecule has 0 aromatic carbocycles. The van der Waals surface area contributed by atoms with Crippen LogP contribution in [0.2, 0.25) is 0 Å². The lowest BCUT2D eigenvalue weighted by Gasteiger charge is -2.09. The Morgan fingerprint density at radius 3 is 3.12 bits per heavy atom. The normalized spacial score (nSPS) is 26.6. The summed E-state index contributed by atoms with van der Waals surface area (Å²) in [5.74, 6) is 1.45. The van der Waals surface area contributed by atoms with E-state index in [0.717, 1.165) is 16.0 Å². The topological polar surface area (TPSA) is 34.9 Å². The molecule has 2 atom stereocenters. The number of hydrogen-bond donors (Lipinski definition) is 0. The summed E-state index contributed by atoms with van der Waals surface area (Å²) in [5, 5.41) is 5.29. The van der Waals surface area contributed by atoms with Crippen LogP contribution >= 0.6 is 11.3 Å². The Morgan fingerprint density at radius 2 is 2.25 bits per heavy atom. The molecule has 0 saturated heterocycles. The van der Waals surface area contributed by atoms with Gasteiger partial charge < -0.3 is 0 Å². The van der Waals surface area contributed by atoms with Gasteiger partial charge in [0.2, 0.25) is 0 Å². The molecular weight excluding hydrogens is 220 g/mol. The van der Waals surface area contributed by atoms with Gasteiger partial charge in [0.25, 0.3) is 5.56 Å². The number of aromatic nitrogens is 2. The van der Waals surface area contributed by atoms with Gasteiger partial charge in [0, 0.05) is 17.3 Å². The van der Waals surface area contributed by atoms with Gasteiger partial charge in [-0.25, -0.2) is 4.68 Å². The molecule has 0 N–H and O–H groups in total. The highest BCUT2D eigenvalue weighted by molar-refractivity contribution is 7.19. The van der Waals surface area contributed by atoms with E-state index in [0.29, 0.717) is 5.92 Å². The van der Waals surface area contributed by atoms with E-state index in [9.17, 15) is 4.79 Å². The molecule has 2 aliphatic rings. The molecule has 0 radical (unpaired) electrons. The van der Waals surface area contributed by atoms with E-state index in [4.69, 9.17) is 0 Å². The first-order valence-corrected chi connectivity index (χ1v) is 6.56. The molecule has 4 heteroatoms. The summed E-state index contributed by atoms with van der Waals surface area (Å²) in [7, 11) is 1.72. The molecule has 2 aromatic rings. The lowest BCUT2D eigenvalue weighted by Crippen LogP contribution is -2.17. The summed E-state index contributed by atoms with van der Waals surface area (Å²) in [6.45, 7) is 0. The first-order valence-electron chi connectivity index (χ1n) is 5.74. The van der Waals surface area contributed by atoms with Crippen LogP contribution in [0.15, 0.2) is 11.0 Å². The van der Waals surface area contributed by atoms with E-state index in [-0.39, 0.29) is 5.56 Å². The maximum Gasteiger partial charge on any atom is 0.284 e. The maximum absolute atomic E-state index is 12.0. The molecule has 2 aliphatic carbocycles. The third-order valence-electron chi connectivity index (χ3n) is 4.07.